The van der Waals surface area contributed by atoms with E-state index in [1.807, 2.05) is 4.98 Å². The molecule has 1 aromatic rings. The topological polar surface area (TPSA) is 128 Å². The summed E-state index contributed by atoms with van der Waals surface area (Å²) < 4.78 is 18.3. The Balaban J connectivity index is 2.15. The number of hydrogen-bond donors (Lipinski definition) is 5. The Morgan fingerprint density at radius 1 is 1.50 bits per heavy atom. The van der Waals surface area contributed by atoms with Gasteiger partial charge in [0.2, 0.25) is 0 Å². The molecule has 1 saturated heterocycles. The second kappa shape index (κ2) is 4.98. The summed E-state index contributed by atoms with van der Waals surface area (Å²) in [5, 5.41) is 30.3. The molecule has 2 heterocycles. The molecule has 2 rings (SSSR count). The van der Waals surface area contributed by atoms with Gasteiger partial charge in [-0.05, 0) is 0 Å². The number of aromatic nitrogens is 2. The lowest BCUT2D eigenvalue weighted by atomic mass is 10.1. The molecule has 1 aromatic heterocycles. The highest BCUT2D eigenvalue weighted by molar-refractivity contribution is 5.35. The highest BCUT2D eigenvalue weighted by atomic mass is 19.1. The summed E-state index contributed by atoms with van der Waals surface area (Å²) in [6, 6.07) is 0. The number of H-pyrrole nitrogens is 1. The van der Waals surface area contributed by atoms with Crippen LogP contribution in [0.1, 0.15) is 0 Å². The average Bonchev–Trinajstić information content (AvgIpc) is 2.62. The van der Waals surface area contributed by atoms with E-state index in [0.29, 0.717) is 0 Å². The second-order valence-electron chi connectivity index (χ2n) is 3.81. The van der Waals surface area contributed by atoms with Gasteiger partial charge in [-0.15, -0.1) is 0 Å². The van der Waals surface area contributed by atoms with Gasteiger partial charge in [0.1, 0.15) is 18.3 Å². The Kier molecular flexibility index (Phi) is 3.57. The van der Waals surface area contributed by atoms with E-state index >= 15 is 0 Å². The van der Waals surface area contributed by atoms with Crippen LogP contribution in [0, 0.1) is 5.82 Å². The van der Waals surface area contributed by atoms with Crippen LogP contribution in [0.25, 0.3) is 0 Å². The van der Waals surface area contributed by atoms with E-state index in [2.05, 4.69) is 10.3 Å². The number of nitrogens with zero attached hydrogens (tertiary/aromatic N) is 1. The lowest BCUT2D eigenvalue weighted by Gasteiger charge is -2.16. The first-order valence-corrected chi connectivity index (χ1v) is 5.17. The number of halogens is 1. The average molecular weight is 261 g/mol. The summed E-state index contributed by atoms with van der Waals surface area (Å²) >= 11 is 0. The predicted octanol–water partition coefficient (Wildman–Crippen LogP) is -2.24. The quantitative estimate of drug-likeness (QED) is 0.416. The van der Waals surface area contributed by atoms with Crippen molar-refractivity contribution in [3.05, 3.63) is 22.5 Å². The first-order chi connectivity index (χ1) is 8.52. The van der Waals surface area contributed by atoms with Gasteiger partial charge < -0.3 is 30.4 Å². The molecule has 18 heavy (non-hydrogen) atoms. The number of aliphatic hydroxyl groups excluding tert-OH is 3. The molecule has 1 unspecified atom stereocenters. The van der Waals surface area contributed by atoms with E-state index in [-0.39, 0.29) is 0 Å². The van der Waals surface area contributed by atoms with E-state index in [1.165, 1.54) is 0 Å². The molecule has 0 aromatic carbocycles. The molecule has 0 radical (unpaired) electrons. The van der Waals surface area contributed by atoms with Crippen molar-refractivity contribution in [2.45, 2.75) is 24.5 Å². The van der Waals surface area contributed by atoms with Gasteiger partial charge >= 0.3 is 5.69 Å². The number of anilines is 1. The zero-order chi connectivity index (χ0) is 13.3. The highest BCUT2D eigenvalue weighted by Crippen LogP contribution is 2.22. The summed E-state index contributed by atoms with van der Waals surface area (Å²) in [5.41, 5.74) is -0.773. The second-order valence-corrected chi connectivity index (χ2v) is 3.81. The van der Waals surface area contributed by atoms with Gasteiger partial charge in [-0.3, -0.25) is 0 Å². The van der Waals surface area contributed by atoms with Crippen LogP contribution in [-0.4, -0.2) is 56.4 Å². The molecule has 1 fully saturated rings. The normalized spacial score (nSPS) is 31.6. The van der Waals surface area contributed by atoms with Crippen molar-refractivity contribution < 1.29 is 24.4 Å². The Morgan fingerprint density at radius 2 is 2.22 bits per heavy atom. The number of aliphatic hydroxyl groups is 3. The molecular formula is C9H12FN3O5. The monoisotopic (exact) mass is 261 g/mol. The standard InChI is InChI=1S/C9H12FN3O5/c10-3-1-11-9(17)13-7(3)12-8-6(16)5(15)4(2-14)18-8/h1,4-6,8,14-16H,2H2,(H2,11,12,13,17)/t4-,5-,6+,8?/m1/s1. The minimum Gasteiger partial charge on any atom is -0.394 e. The van der Waals surface area contributed by atoms with Gasteiger partial charge in [0.05, 0.1) is 6.61 Å². The van der Waals surface area contributed by atoms with Crippen LogP contribution < -0.4 is 11.0 Å². The minimum atomic E-state index is -1.37. The molecule has 1 aliphatic rings. The Labute approximate surface area is 100 Å². The summed E-state index contributed by atoms with van der Waals surface area (Å²) in [5.74, 6) is -1.25. The fourth-order valence-electron chi connectivity index (χ4n) is 1.64. The number of ether oxygens (including phenoxy) is 1. The van der Waals surface area contributed by atoms with Crippen LogP contribution in [-0.2, 0) is 4.74 Å². The Morgan fingerprint density at radius 3 is 2.83 bits per heavy atom. The van der Waals surface area contributed by atoms with Crippen molar-refractivity contribution >= 4 is 5.82 Å². The van der Waals surface area contributed by atoms with Gasteiger partial charge in [0.25, 0.3) is 0 Å². The van der Waals surface area contributed by atoms with Crippen molar-refractivity contribution in [2.75, 3.05) is 11.9 Å². The molecule has 0 aliphatic carbocycles. The lowest BCUT2D eigenvalue weighted by Crippen LogP contribution is -2.37. The van der Waals surface area contributed by atoms with Crippen LogP contribution in [0.2, 0.25) is 0 Å². The van der Waals surface area contributed by atoms with Crippen molar-refractivity contribution in [3.8, 4) is 0 Å². The van der Waals surface area contributed by atoms with Crippen molar-refractivity contribution in [1.29, 1.82) is 0 Å². The van der Waals surface area contributed by atoms with E-state index in [0.717, 1.165) is 6.20 Å². The molecular weight excluding hydrogens is 249 g/mol. The number of aromatic amines is 1. The molecule has 9 heteroatoms. The summed E-state index contributed by atoms with van der Waals surface area (Å²) in [6.07, 6.45) is -4.03. The molecule has 0 amide bonds. The van der Waals surface area contributed by atoms with E-state index in [4.69, 9.17) is 9.84 Å². The van der Waals surface area contributed by atoms with Crippen LogP contribution in [0.5, 0.6) is 0 Å². The van der Waals surface area contributed by atoms with E-state index in [1.54, 1.807) is 0 Å². The Hall–Kier alpha value is -1.55. The van der Waals surface area contributed by atoms with Gasteiger partial charge in [-0.2, -0.15) is 4.98 Å². The summed E-state index contributed by atoms with van der Waals surface area (Å²) in [6.45, 7) is -0.498. The first kappa shape index (κ1) is 12.9. The van der Waals surface area contributed by atoms with Gasteiger partial charge in [0.15, 0.2) is 17.9 Å². The molecule has 0 bridgehead atoms. The van der Waals surface area contributed by atoms with Crippen molar-refractivity contribution in [1.82, 2.24) is 9.97 Å². The summed E-state index contributed by atoms with van der Waals surface area (Å²) in [7, 11) is 0. The van der Waals surface area contributed by atoms with Crippen molar-refractivity contribution in [3.63, 3.8) is 0 Å². The zero-order valence-corrected chi connectivity index (χ0v) is 9.08. The third-order valence-electron chi connectivity index (χ3n) is 2.58. The third kappa shape index (κ3) is 2.34. The summed E-state index contributed by atoms with van der Waals surface area (Å²) in [4.78, 5) is 16.3. The fraction of sp³-hybridized carbons (Fsp3) is 0.556. The molecule has 100 valence electrons. The highest BCUT2D eigenvalue weighted by Gasteiger charge is 2.42. The smallest absolute Gasteiger partial charge is 0.347 e. The van der Waals surface area contributed by atoms with Crippen molar-refractivity contribution in [2.24, 2.45) is 0 Å². The zero-order valence-electron chi connectivity index (χ0n) is 9.08. The van der Waals surface area contributed by atoms with Crippen LogP contribution in [0.4, 0.5) is 10.2 Å². The minimum absolute atomic E-state index is 0.409. The maximum Gasteiger partial charge on any atom is 0.347 e. The number of hydrogen-bond acceptors (Lipinski definition) is 7. The van der Waals surface area contributed by atoms with Crippen LogP contribution in [0.15, 0.2) is 11.0 Å². The Bertz CT molecular complexity index is 482. The fourth-order valence-corrected chi connectivity index (χ4v) is 1.64. The number of rotatable bonds is 3. The van der Waals surface area contributed by atoms with Crippen LogP contribution >= 0.6 is 0 Å². The molecule has 4 atom stereocenters. The largest absolute Gasteiger partial charge is 0.394 e. The molecule has 5 N–H and O–H groups in total. The van der Waals surface area contributed by atoms with Gasteiger partial charge in [-0.25, -0.2) is 9.18 Å². The SMILES string of the molecule is O=c1nc(NC2O[C@H](CO)[C@@H](O)[C@@H]2O)c(F)c[nH]1. The molecule has 0 saturated carbocycles. The van der Waals surface area contributed by atoms with Crippen LogP contribution in [0.3, 0.4) is 0 Å². The predicted molar refractivity (Wildman–Crippen MR) is 56.2 cm³/mol. The first-order valence-electron chi connectivity index (χ1n) is 5.17. The van der Waals surface area contributed by atoms with E-state index < -0.39 is 48.5 Å². The maximum atomic E-state index is 13.3. The number of nitrogens with one attached hydrogen (secondary N) is 2. The molecule has 0 spiro atoms. The molecule has 1 aliphatic heterocycles. The van der Waals surface area contributed by atoms with E-state index in [9.17, 15) is 19.4 Å². The lowest BCUT2D eigenvalue weighted by molar-refractivity contribution is -0.0154. The maximum absolute atomic E-state index is 13.3. The van der Waals surface area contributed by atoms with Gasteiger partial charge in [-0.1, -0.05) is 0 Å². The molecule has 8 nitrogen and oxygen atoms in total. The third-order valence-corrected chi connectivity index (χ3v) is 2.58. The van der Waals surface area contributed by atoms with Gasteiger partial charge in [0, 0.05) is 6.20 Å².